The van der Waals surface area contributed by atoms with Crippen LogP contribution >= 0.6 is 0 Å². The maximum atomic E-state index is 14.0. The number of aromatic amines is 1. The first kappa shape index (κ1) is 31.6. The van der Waals surface area contributed by atoms with Crippen LogP contribution in [0.25, 0.3) is 28.5 Å². The van der Waals surface area contributed by atoms with Crippen LogP contribution in [0.3, 0.4) is 0 Å². The van der Waals surface area contributed by atoms with E-state index in [-0.39, 0.29) is 24.7 Å². The van der Waals surface area contributed by atoms with Crippen LogP contribution in [0.1, 0.15) is 48.8 Å². The minimum atomic E-state index is -3.24. The van der Waals surface area contributed by atoms with Crippen molar-refractivity contribution in [1.29, 1.82) is 0 Å². The number of nitrogens with one attached hydrogen (secondary N) is 2. The van der Waals surface area contributed by atoms with E-state index in [0.717, 1.165) is 47.0 Å². The number of benzene rings is 2. The number of H-pyrrole nitrogens is 1. The second-order valence-corrected chi connectivity index (χ2v) is 12.4. The van der Waals surface area contributed by atoms with E-state index in [4.69, 9.17) is 9.72 Å². The topological polar surface area (TPSA) is 171 Å². The van der Waals surface area contributed by atoms with Gasteiger partial charge in [-0.15, -0.1) is 10.2 Å². The van der Waals surface area contributed by atoms with Crippen LogP contribution in [0.4, 0.5) is 0 Å². The minimum Gasteiger partial charge on any atom is -0.490 e. The zero-order chi connectivity index (χ0) is 31.8. The lowest BCUT2D eigenvalue weighted by Crippen LogP contribution is -2.29. The van der Waals surface area contributed by atoms with Crippen molar-refractivity contribution in [1.82, 2.24) is 44.9 Å². The van der Waals surface area contributed by atoms with E-state index < -0.39 is 10.0 Å². The van der Waals surface area contributed by atoms with Gasteiger partial charge >= 0.3 is 0 Å². The van der Waals surface area contributed by atoms with Crippen molar-refractivity contribution in [2.24, 2.45) is 0 Å². The summed E-state index contributed by atoms with van der Waals surface area (Å²) in [6.07, 6.45) is 7.57. The molecule has 234 valence electrons. The van der Waals surface area contributed by atoms with Crippen LogP contribution in [0.5, 0.6) is 5.75 Å². The quantitative estimate of drug-likeness (QED) is 0.174. The summed E-state index contributed by atoms with van der Waals surface area (Å²) in [5, 5.41) is 14.5. The van der Waals surface area contributed by atoms with E-state index in [1.54, 1.807) is 6.92 Å². The largest absolute Gasteiger partial charge is 0.490 e. The second-order valence-electron chi connectivity index (χ2n) is 10.6. The molecule has 14 heteroatoms. The Morgan fingerprint density at radius 2 is 1.73 bits per heavy atom. The lowest BCUT2D eigenvalue weighted by Gasteiger charge is -2.15. The predicted octanol–water partition coefficient (Wildman–Crippen LogP) is 3.43. The number of hydrogen-bond acceptors (Lipinski definition) is 10. The van der Waals surface area contributed by atoms with Gasteiger partial charge < -0.3 is 4.74 Å². The summed E-state index contributed by atoms with van der Waals surface area (Å²) in [4.78, 5) is 27.6. The molecule has 13 nitrogen and oxygen atoms in total. The zero-order valence-electron chi connectivity index (χ0n) is 25.4. The second kappa shape index (κ2) is 14.3. The van der Waals surface area contributed by atoms with E-state index in [1.165, 1.54) is 17.0 Å². The molecule has 0 radical (unpaired) electrons. The number of hydrogen-bond donors (Lipinski definition) is 2. The third-order valence-corrected chi connectivity index (χ3v) is 7.85. The fraction of sp³-hybridized carbons (Fsp3) is 0.323. The van der Waals surface area contributed by atoms with Crippen molar-refractivity contribution in [3.8, 4) is 34.2 Å². The Labute approximate surface area is 261 Å². The molecule has 0 saturated heterocycles. The molecule has 0 spiro atoms. The van der Waals surface area contributed by atoms with Crippen LogP contribution in [-0.2, 0) is 22.9 Å². The monoisotopic (exact) mass is 629 g/mol. The van der Waals surface area contributed by atoms with Crippen molar-refractivity contribution in [2.75, 3.05) is 19.4 Å². The van der Waals surface area contributed by atoms with E-state index in [9.17, 15) is 13.2 Å². The summed E-state index contributed by atoms with van der Waals surface area (Å²) in [5.41, 5.74) is 4.99. The Hall–Kier alpha value is -4.82. The standard InChI is InChI=1S/C31H35N9O4S/c1-4-5-11-28-27(18-22-12-14-23(15-13-22)25-9-6-7-10-26(25)29-36-38-39-37-29)30(41)40(21(2)35-28)31-32-19-24(20-33-31)44-17-8-16-34-45(3,42)43/h6-7,9-10,12-15,19-20,34H,4-5,8,11,16-18H2,1-3H3,(H,36,37,38,39). The normalized spacial score (nSPS) is 11.5. The van der Waals surface area contributed by atoms with Crippen LogP contribution in [0.15, 0.2) is 65.7 Å². The first-order chi connectivity index (χ1) is 21.7. The maximum Gasteiger partial charge on any atom is 0.264 e. The molecule has 0 fully saturated rings. The lowest BCUT2D eigenvalue weighted by atomic mass is 9.96. The number of aromatic nitrogens is 8. The maximum absolute atomic E-state index is 14.0. The summed E-state index contributed by atoms with van der Waals surface area (Å²) >= 11 is 0. The molecule has 0 unspecified atom stereocenters. The lowest BCUT2D eigenvalue weighted by molar-refractivity contribution is 0.309. The minimum absolute atomic E-state index is 0.202. The van der Waals surface area contributed by atoms with Gasteiger partial charge in [-0.1, -0.05) is 61.9 Å². The van der Waals surface area contributed by atoms with Crippen molar-refractivity contribution < 1.29 is 13.2 Å². The van der Waals surface area contributed by atoms with E-state index in [0.29, 0.717) is 42.2 Å². The number of rotatable bonds is 14. The fourth-order valence-corrected chi connectivity index (χ4v) is 5.43. The van der Waals surface area contributed by atoms with Crippen molar-refractivity contribution in [3.05, 3.63) is 93.9 Å². The Morgan fingerprint density at radius 1 is 1.00 bits per heavy atom. The third-order valence-electron chi connectivity index (χ3n) is 7.12. The summed E-state index contributed by atoms with van der Waals surface area (Å²) in [7, 11) is -3.24. The highest BCUT2D eigenvalue weighted by atomic mass is 32.2. The van der Waals surface area contributed by atoms with Crippen LogP contribution in [0, 0.1) is 6.92 Å². The molecular formula is C31H35N9O4S. The van der Waals surface area contributed by atoms with Gasteiger partial charge in [0.2, 0.25) is 21.8 Å². The first-order valence-electron chi connectivity index (χ1n) is 14.7. The molecule has 0 bridgehead atoms. The molecule has 2 N–H and O–H groups in total. The summed E-state index contributed by atoms with van der Waals surface area (Å²) in [6, 6.07) is 16.0. The van der Waals surface area contributed by atoms with E-state index in [2.05, 4.69) is 42.2 Å². The molecule has 5 rings (SSSR count). The zero-order valence-corrected chi connectivity index (χ0v) is 26.2. The van der Waals surface area contributed by atoms with Gasteiger partial charge in [-0.2, -0.15) is 5.21 Å². The van der Waals surface area contributed by atoms with Gasteiger partial charge in [0.1, 0.15) is 5.82 Å². The molecule has 0 aliphatic heterocycles. The van der Waals surface area contributed by atoms with Crippen LogP contribution in [0.2, 0.25) is 0 Å². The molecule has 45 heavy (non-hydrogen) atoms. The predicted molar refractivity (Wildman–Crippen MR) is 170 cm³/mol. The molecule has 0 amide bonds. The van der Waals surface area contributed by atoms with Gasteiger partial charge in [-0.25, -0.2) is 32.7 Å². The molecule has 0 saturated carbocycles. The summed E-state index contributed by atoms with van der Waals surface area (Å²) in [5.74, 6) is 1.64. The number of unbranched alkanes of at least 4 members (excludes halogenated alkanes) is 1. The molecule has 0 aliphatic rings. The van der Waals surface area contributed by atoms with Gasteiger partial charge in [0, 0.05) is 24.1 Å². The number of aryl methyl sites for hydroxylation is 2. The number of ether oxygens (including phenoxy) is 1. The van der Waals surface area contributed by atoms with Crippen LogP contribution in [-0.4, -0.2) is 68.0 Å². The first-order valence-corrected chi connectivity index (χ1v) is 16.6. The Balaban J connectivity index is 1.38. The highest BCUT2D eigenvalue weighted by Gasteiger charge is 2.18. The van der Waals surface area contributed by atoms with Gasteiger partial charge in [-0.3, -0.25) is 4.79 Å². The average molecular weight is 630 g/mol. The molecule has 0 atom stereocenters. The molecular weight excluding hydrogens is 594 g/mol. The molecule has 3 aromatic heterocycles. The van der Waals surface area contributed by atoms with E-state index >= 15 is 0 Å². The van der Waals surface area contributed by atoms with Crippen molar-refractivity contribution >= 4 is 10.0 Å². The van der Waals surface area contributed by atoms with Crippen molar-refractivity contribution in [2.45, 2.75) is 46.0 Å². The van der Waals surface area contributed by atoms with E-state index in [1.807, 2.05) is 48.5 Å². The smallest absolute Gasteiger partial charge is 0.264 e. The summed E-state index contributed by atoms with van der Waals surface area (Å²) in [6.45, 7) is 4.43. The highest BCUT2D eigenvalue weighted by molar-refractivity contribution is 7.88. The highest BCUT2D eigenvalue weighted by Crippen LogP contribution is 2.30. The molecule has 3 heterocycles. The molecule has 0 aliphatic carbocycles. The van der Waals surface area contributed by atoms with Crippen molar-refractivity contribution in [3.63, 3.8) is 0 Å². The summed E-state index contributed by atoms with van der Waals surface area (Å²) < 4.78 is 31.9. The SMILES string of the molecule is CCCCc1nc(C)n(-c2ncc(OCCCNS(C)(=O)=O)cn2)c(=O)c1Cc1ccc(-c2ccccc2-c2nn[nH]n2)cc1. The third kappa shape index (κ3) is 8.02. The van der Waals surface area contributed by atoms with Gasteiger partial charge in [0.15, 0.2) is 5.75 Å². The average Bonchev–Trinajstić information content (AvgIpc) is 3.57. The molecule has 5 aromatic rings. The Bertz CT molecular complexity index is 1890. The Kier molecular flexibility index (Phi) is 10.0. The van der Waals surface area contributed by atoms with Gasteiger partial charge in [-0.05, 0) is 48.1 Å². The number of tetrazole rings is 1. The molecule has 2 aromatic carbocycles. The Morgan fingerprint density at radius 3 is 2.40 bits per heavy atom. The number of nitrogens with zero attached hydrogens (tertiary/aromatic N) is 7. The van der Waals surface area contributed by atoms with Crippen LogP contribution < -0.4 is 15.0 Å². The fourth-order valence-electron chi connectivity index (χ4n) is 4.91. The van der Waals surface area contributed by atoms with Gasteiger partial charge in [0.05, 0.1) is 31.0 Å². The van der Waals surface area contributed by atoms with Gasteiger partial charge in [0.25, 0.3) is 5.56 Å². The number of sulfonamides is 1.